The van der Waals surface area contributed by atoms with Gasteiger partial charge in [0.15, 0.2) is 11.7 Å². The van der Waals surface area contributed by atoms with Gasteiger partial charge in [0.25, 0.3) is 0 Å². The molecular formula is C4H12BrN3O. The van der Waals surface area contributed by atoms with Gasteiger partial charge in [-0.05, 0) is 13.8 Å². The molecule has 0 radical (unpaired) electrons. The number of nitrogens with two attached hydrogens (primary N) is 2. The smallest absolute Gasteiger partial charge is 0.188 e. The lowest BCUT2D eigenvalue weighted by Crippen LogP contribution is -2.29. The predicted molar refractivity (Wildman–Crippen MR) is 42.4 cm³/mol. The molecule has 0 aromatic carbocycles. The lowest BCUT2D eigenvalue weighted by Gasteiger charge is -2.09. The van der Waals surface area contributed by atoms with Crippen molar-refractivity contribution in [1.82, 2.24) is 0 Å². The lowest BCUT2D eigenvalue weighted by molar-refractivity contribution is 0.0906. The van der Waals surface area contributed by atoms with E-state index in [1.165, 1.54) is 13.8 Å². The molecule has 0 aromatic rings. The summed E-state index contributed by atoms with van der Waals surface area (Å²) in [6, 6.07) is 0. The molecule has 0 saturated carbocycles. The Hall–Kier alpha value is -0.290. The molecule has 5 N–H and O–H groups in total. The molecule has 0 heterocycles. The van der Waals surface area contributed by atoms with Crippen molar-refractivity contribution in [2.75, 3.05) is 0 Å². The van der Waals surface area contributed by atoms with E-state index < -0.39 is 5.72 Å². The fraction of sp³-hybridized carbons (Fsp3) is 0.750. The second kappa shape index (κ2) is 3.68. The maximum Gasteiger partial charge on any atom is 0.188 e. The van der Waals surface area contributed by atoms with E-state index in [-0.39, 0.29) is 22.9 Å². The highest BCUT2D eigenvalue weighted by Gasteiger charge is 2.07. The van der Waals surface area contributed by atoms with Crippen LogP contribution in [0.2, 0.25) is 0 Å². The topological polar surface area (TPSA) is 84.6 Å². The summed E-state index contributed by atoms with van der Waals surface area (Å²) < 4.78 is 0. The minimum absolute atomic E-state index is 0. The summed E-state index contributed by atoms with van der Waals surface area (Å²) in [7, 11) is 0. The summed E-state index contributed by atoms with van der Waals surface area (Å²) in [6.07, 6.45) is 0. The molecule has 0 aliphatic heterocycles. The molecule has 0 aliphatic carbocycles. The first-order valence-corrected chi connectivity index (χ1v) is 2.25. The fourth-order valence-electron chi connectivity index (χ4n) is 0.316. The van der Waals surface area contributed by atoms with Crippen LogP contribution < -0.4 is 11.5 Å². The van der Waals surface area contributed by atoms with Gasteiger partial charge < -0.3 is 16.6 Å². The van der Waals surface area contributed by atoms with Crippen LogP contribution in [0, 0.1) is 0 Å². The van der Waals surface area contributed by atoms with Gasteiger partial charge in [-0.25, -0.2) is 4.99 Å². The van der Waals surface area contributed by atoms with Crippen molar-refractivity contribution in [3.63, 3.8) is 0 Å². The van der Waals surface area contributed by atoms with Crippen LogP contribution >= 0.6 is 17.0 Å². The van der Waals surface area contributed by atoms with E-state index in [4.69, 9.17) is 16.6 Å². The van der Waals surface area contributed by atoms with Gasteiger partial charge in [0.05, 0.1) is 0 Å². The fourth-order valence-corrected chi connectivity index (χ4v) is 0.316. The van der Waals surface area contributed by atoms with Crippen LogP contribution in [0.25, 0.3) is 0 Å². The van der Waals surface area contributed by atoms with Gasteiger partial charge in [-0.2, -0.15) is 0 Å². The van der Waals surface area contributed by atoms with Gasteiger partial charge in [-0.15, -0.1) is 17.0 Å². The van der Waals surface area contributed by atoms with E-state index in [2.05, 4.69) is 4.99 Å². The maximum absolute atomic E-state index is 8.84. The molecule has 4 nitrogen and oxygen atoms in total. The molecule has 9 heavy (non-hydrogen) atoms. The number of guanidine groups is 1. The highest BCUT2D eigenvalue weighted by molar-refractivity contribution is 8.93. The molecule has 0 aliphatic rings. The number of nitrogens with zero attached hydrogens (tertiary/aromatic N) is 1. The molecule has 5 heteroatoms. The monoisotopic (exact) mass is 197 g/mol. The molecule has 0 saturated heterocycles. The number of halogens is 1. The Morgan fingerprint density at radius 2 is 1.78 bits per heavy atom. The third-order valence-electron chi connectivity index (χ3n) is 0.403. The number of aliphatic hydroxyl groups is 1. The summed E-state index contributed by atoms with van der Waals surface area (Å²) in [6.45, 7) is 2.99. The van der Waals surface area contributed by atoms with Crippen LogP contribution in [0.15, 0.2) is 4.99 Å². The Balaban J connectivity index is 0. The van der Waals surface area contributed by atoms with Crippen molar-refractivity contribution in [3.8, 4) is 0 Å². The lowest BCUT2D eigenvalue weighted by atomic mass is 10.3. The number of hydrogen-bond donors (Lipinski definition) is 3. The van der Waals surface area contributed by atoms with Gasteiger partial charge in [-0.3, -0.25) is 0 Å². The van der Waals surface area contributed by atoms with E-state index in [1.54, 1.807) is 0 Å². The molecule has 0 bridgehead atoms. The normalized spacial score (nSPS) is 9.67. The first kappa shape index (κ1) is 11.5. The SMILES string of the molecule is Br.CC(C)(O)N=C(N)N. The Labute approximate surface area is 64.7 Å². The van der Waals surface area contributed by atoms with Crippen LogP contribution in [-0.4, -0.2) is 16.8 Å². The maximum atomic E-state index is 8.84. The average molecular weight is 198 g/mol. The molecule has 0 fully saturated rings. The zero-order chi connectivity index (χ0) is 6.78. The standard InChI is InChI=1S/C4H11N3O.BrH/c1-4(2,8)7-3(5)6;/h8H,1-2H3,(H4,5,6,7);1H. The molecule has 56 valence electrons. The van der Waals surface area contributed by atoms with Crippen molar-refractivity contribution in [1.29, 1.82) is 0 Å². The minimum atomic E-state index is -1.14. The summed E-state index contributed by atoms with van der Waals surface area (Å²) in [4.78, 5) is 3.44. The van der Waals surface area contributed by atoms with Crippen molar-refractivity contribution in [2.24, 2.45) is 16.5 Å². The van der Waals surface area contributed by atoms with E-state index in [9.17, 15) is 0 Å². The zero-order valence-electron chi connectivity index (χ0n) is 5.46. The van der Waals surface area contributed by atoms with Crippen LogP contribution in [-0.2, 0) is 0 Å². The van der Waals surface area contributed by atoms with Gasteiger partial charge in [0.2, 0.25) is 0 Å². The van der Waals surface area contributed by atoms with Crippen molar-refractivity contribution in [3.05, 3.63) is 0 Å². The summed E-state index contributed by atoms with van der Waals surface area (Å²) in [5.74, 6) is -0.0995. The molecular weight excluding hydrogens is 186 g/mol. The van der Waals surface area contributed by atoms with E-state index >= 15 is 0 Å². The largest absolute Gasteiger partial charge is 0.370 e. The molecule has 0 rings (SSSR count). The first-order chi connectivity index (χ1) is 3.42. The third kappa shape index (κ3) is 11.3. The molecule has 0 amide bonds. The molecule has 0 unspecified atom stereocenters. The third-order valence-corrected chi connectivity index (χ3v) is 0.403. The summed E-state index contributed by atoms with van der Waals surface area (Å²) in [5, 5.41) is 8.84. The van der Waals surface area contributed by atoms with Crippen LogP contribution in [0.1, 0.15) is 13.8 Å². The van der Waals surface area contributed by atoms with E-state index in [0.29, 0.717) is 0 Å². The average Bonchev–Trinajstić information content (AvgIpc) is 1.21. The summed E-state index contributed by atoms with van der Waals surface area (Å²) in [5.41, 5.74) is 8.75. The van der Waals surface area contributed by atoms with Gasteiger partial charge in [-0.1, -0.05) is 0 Å². The molecule has 0 spiro atoms. The minimum Gasteiger partial charge on any atom is -0.370 e. The molecule has 0 aromatic heterocycles. The second-order valence-corrected chi connectivity index (χ2v) is 2.03. The van der Waals surface area contributed by atoms with Crippen LogP contribution in [0.3, 0.4) is 0 Å². The summed E-state index contributed by atoms with van der Waals surface area (Å²) >= 11 is 0. The van der Waals surface area contributed by atoms with Gasteiger partial charge >= 0.3 is 0 Å². The number of hydrogen-bond acceptors (Lipinski definition) is 2. The number of rotatable bonds is 1. The second-order valence-electron chi connectivity index (χ2n) is 2.03. The Bertz CT molecular complexity index is 103. The predicted octanol–water partition coefficient (Wildman–Crippen LogP) is -0.434. The van der Waals surface area contributed by atoms with Crippen molar-refractivity contribution < 1.29 is 5.11 Å². The highest BCUT2D eigenvalue weighted by Crippen LogP contribution is 1.99. The zero-order valence-corrected chi connectivity index (χ0v) is 7.17. The van der Waals surface area contributed by atoms with Crippen molar-refractivity contribution in [2.45, 2.75) is 19.6 Å². The van der Waals surface area contributed by atoms with Gasteiger partial charge in [0.1, 0.15) is 0 Å². The Morgan fingerprint density at radius 1 is 1.44 bits per heavy atom. The highest BCUT2D eigenvalue weighted by atomic mass is 79.9. The first-order valence-electron chi connectivity index (χ1n) is 2.25. The van der Waals surface area contributed by atoms with Crippen LogP contribution in [0.4, 0.5) is 0 Å². The molecule has 0 atom stereocenters. The number of aliphatic imine (C=N–C) groups is 1. The van der Waals surface area contributed by atoms with Gasteiger partial charge in [0, 0.05) is 0 Å². The van der Waals surface area contributed by atoms with E-state index in [0.717, 1.165) is 0 Å². The van der Waals surface area contributed by atoms with Crippen LogP contribution in [0.5, 0.6) is 0 Å². The van der Waals surface area contributed by atoms with Crippen molar-refractivity contribution >= 4 is 22.9 Å². The quantitative estimate of drug-likeness (QED) is 0.394. The Morgan fingerprint density at radius 3 is 1.78 bits per heavy atom. The van der Waals surface area contributed by atoms with E-state index in [1.807, 2.05) is 0 Å². The Kier molecular flexibility index (Phi) is 4.70.